The molecule has 1 unspecified atom stereocenters. The van der Waals surface area contributed by atoms with E-state index in [9.17, 15) is 0 Å². The van der Waals surface area contributed by atoms with E-state index in [1.165, 1.54) is 13.0 Å². The molecule has 12 heavy (non-hydrogen) atoms. The van der Waals surface area contributed by atoms with Crippen molar-refractivity contribution in [2.75, 3.05) is 20.1 Å². The zero-order valence-corrected chi connectivity index (χ0v) is 8.22. The number of hydrogen-bond donors (Lipinski definition) is 1. The Morgan fingerprint density at radius 2 is 2.25 bits per heavy atom. The molecule has 0 bridgehead atoms. The van der Waals surface area contributed by atoms with Gasteiger partial charge in [-0.15, -0.1) is 6.42 Å². The Morgan fingerprint density at radius 1 is 1.58 bits per heavy atom. The van der Waals surface area contributed by atoms with Crippen molar-refractivity contribution < 1.29 is 0 Å². The molecule has 68 valence electrons. The van der Waals surface area contributed by atoms with Crippen LogP contribution in [0.25, 0.3) is 0 Å². The van der Waals surface area contributed by atoms with Crippen molar-refractivity contribution in [3.05, 3.63) is 0 Å². The third-order valence-electron chi connectivity index (χ3n) is 2.32. The van der Waals surface area contributed by atoms with Crippen molar-refractivity contribution in [2.45, 2.75) is 31.8 Å². The Labute approximate surface area is 75.3 Å². The van der Waals surface area contributed by atoms with Crippen LogP contribution in [0.5, 0.6) is 0 Å². The predicted molar refractivity (Wildman–Crippen MR) is 51.9 cm³/mol. The van der Waals surface area contributed by atoms with Gasteiger partial charge >= 0.3 is 0 Å². The summed E-state index contributed by atoms with van der Waals surface area (Å²) in [5.41, 5.74) is -0.157. The summed E-state index contributed by atoms with van der Waals surface area (Å²) in [5, 5.41) is 3.46. The van der Waals surface area contributed by atoms with Gasteiger partial charge in [0.15, 0.2) is 0 Å². The number of rotatable bonds is 2. The Morgan fingerprint density at radius 3 is 2.67 bits per heavy atom. The predicted octanol–water partition coefficient (Wildman–Crippen LogP) is 0.692. The Hall–Kier alpha value is -0.520. The minimum atomic E-state index is -0.157. The first-order chi connectivity index (χ1) is 5.53. The van der Waals surface area contributed by atoms with E-state index in [0.717, 1.165) is 6.54 Å². The standard InChI is InChI=1S/C10H18N2/c1-5-10(2,3)11-9-6-7-12(4)8-9/h1,9,11H,6-8H2,2-4H3. The lowest BCUT2D eigenvalue weighted by Gasteiger charge is -2.24. The van der Waals surface area contributed by atoms with E-state index < -0.39 is 0 Å². The van der Waals surface area contributed by atoms with E-state index in [1.807, 2.05) is 13.8 Å². The average Bonchev–Trinajstić information content (AvgIpc) is 2.35. The smallest absolute Gasteiger partial charge is 0.0743 e. The molecule has 2 heteroatoms. The van der Waals surface area contributed by atoms with Crippen LogP contribution >= 0.6 is 0 Å². The molecular weight excluding hydrogens is 148 g/mol. The Balaban J connectivity index is 2.38. The minimum Gasteiger partial charge on any atom is -0.305 e. The van der Waals surface area contributed by atoms with Crippen molar-refractivity contribution in [3.63, 3.8) is 0 Å². The number of terminal acetylenes is 1. The maximum atomic E-state index is 5.39. The maximum Gasteiger partial charge on any atom is 0.0743 e. The Kier molecular flexibility index (Phi) is 2.76. The van der Waals surface area contributed by atoms with Crippen LogP contribution in [0, 0.1) is 12.3 Å². The summed E-state index contributed by atoms with van der Waals surface area (Å²) in [7, 11) is 2.14. The summed E-state index contributed by atoms with van der Waals surface area (Å²) in [6.45, 7) is 6.39. The molecule has 0 aromatic heterocycles. The van der Waals surface area contributed by atoms with Crippen LogP contribution in [-0.4, -0.2) is 36.6 Å². The van der Waals surface area contributed by atoms with Crippen LogP contribution in [0.4, 0.5) is 0 Å². The molecule has 0 spiro atoms. The third-order valence-corrected chi connectivity index (χ3v) is 2.32. The molecule has 1 fully saturated rings. The van der Waals surface area contributed by atoms with Crippen LogP contribution in [0.15, 0.2) is 0 Å². The van der Waals surface area contributed by atoms with Crippen molar-refractivity contribution >= 4 is 0 Å². The van der Waals surface area contributed by atoms with Gasteiger partial charge < -0.3 is 4.90 Å². The summed E-state index contributed by atoms with van der Waals surface area (Å²) < 4.78 is 0. The molecule has 1 heterocycles. The molecule has 1 atom stereocenters. The molecule has 0 radical (unpaired) electrons. The van der Waals surface area contributed by atoms with Gasteiger partial charge in [0.05, 0.1) is 5.54 Å². The molecular formula is C10H18N2. The van der Waals surface area contributed by atoms with E-state index in [0.29, 0.717) is 6.04 Å². The molecule has 0 saturated carbocycles. The second-order valence-electron chi connectivity index (χ2n) is 4.16. The fourth-order valence-electron chi connectivity index (χ4n) is 1.60. The van der Waals surface area contributed by atoms with Gasteiger partial charge in [-0.05, 0) is 33.9 Å². The highest BCUT2D eigenvalue weighted by atomic mass is 15.2. The fourth-order valence-corrected chi connectivity index (χ4v) is 1.60. The van der Waals surface area contributed by atoms with Gasteiger partial charge in [-0.1, -0.05) is 5.92 Å². The lowest BCUT2D eigenvalue weighted by molar-refractivity contribution is 0.369. The van der Waals surface area contributed by atoms with Crippen molar-refractivity contribution in [2.24, 2.45) is 0 Å². The number of likely N-dealkylation sites (tertiary alicyclic amines) is 1. The summed E-state index contributed by atoms with van der Waals surface area (Å²) in [6, 6.07) is 0.570. The van der Waals surface area contributed by atoms with E-state index in [-0.39, 0.29) is 5.54 Å². The van der Waals surface area contributed by atoms with Crippen molar-refractivity contribution in [3.8, 4) is 12.3 Å². The molecule has 2 nitrogen and oxygen atoms in total. The van der Waals surface area contributed by atoms with Gasteiger partial charge in [0.1, 0.15) is 0 Å². The fraction of sp³-hybridized carbons (Fsp3) is 0.800. The van der Waals surface area contributed by atoms with E-state index in [2.05, 4.69) is 23.2 Å². The molecule has 1 aliphatic rings. The highest BCUT2D eigenvalue weighted by Crippen LogP contribution is 2.10. The van der Waals surface area contributed by atoms with Gasteiger partial charge in [0.2, 0.25) is 0 Å². The molecule has 0 amide bonds. The first-order valence-electron chi connectivity index (χ1n) is 4.47. The van der Waals surface area contributed by atoms with Crippen molar-refractivity contribution in [1.82, 2.24) is 10.2 Å². The summed E-state index contributed by atoms with van der Waals surface area (Å²) >= 11 is 0. The zero-order valence-electron chi connectivity index (χ0n) is 8.22. The van der Waals surface area contributed by atoms with Gasteiger partial charge in [0, 0.05) is 12.6 Å². The SMILES string of the molecule is C#CC(C)(C)NC1CCN(C)C1. The second-order valence-corrected chi connectivity index (χ2v) is 4.16. The lowest BCUT2D eigenvalue weighted by Crippen LogP contribution is -2.45. The van der Waals surface area contributed by atoms with Gasteiger partial charge in [0.25, 0.3) is 0 Å². The monoisotopic (exact) mass is 166 g/mol. The molecule has 0 aromatic carbocycles. The molecule has 1 N–H and O–H groups in total. The number of likely N-dealkylation sites (N-methyl/N-ethyl adjacent to an activating group) is 1. The highest BCUT2D eigenvalue weighted by molar-refractivity contribution is 5.08. The molecule has 1 aliphatic heterocycles. The Bertz CT molecular complexity index is 191. The average molecular weight is 166 g/mol. The van der Waals surface area contributed by atoms with Gasteiger partial charge in [-0.25, -0.2) is 0 Å². The second kappa shape index (κ2) is 3.47. The molecule has 0 aliphatic carbocycles. The quantitative estimate of drug-likeness (QED) is 0.607. The lowest BCUT2D eigenvalue weighted by atomic mass is 10.1. The van der Waals surface area contributed by atoms with Crippen LogP contribution in [0.1, 0.15) is 20.3 Å². The summed E-state index contributed by atoms with van der Waals surface area (Å²) in [4.78, 5) is 2.32. The summed E-state index contributed by atoms with van der Waals surface area (Å²) in [5.74, 6) is 2.75. The normalized spacial score (nSPS) is 25.7. The number of nitrogens with zero attached hydrogens (tertiary/aromatic N) is 1. The topological polar surface area (TPSA) is 15.3 Å². The van der Waals surface area contributed by atoms with E-state index >= 15 is 0 Å². The summed E-state index contributed by atoms with van der Waals surface area (Å²) in [6.07, 6.45) is 6.60. The van der Waals surface area contributed by atoms with Gasteiger partial charge in [-0.2, -0.15) is 0 Å². The zero-order chi connectivity index (χ0) is 9.19. The minimum absolute atomic E-state index is 0.157. The largest absolute Gasteiger partial charge is 0.305 e. The van der Waals surface area contributed by atoms with Crippen molar-refractivity contribution in [1.29, 1.82) is 0 Å². The maximum absolute atomic E-state index is 5.39. The van der Waals surface area contributed by atoms with E-state index in [1.54, 1.807) is 0 Å². The van der Waals surface area contributed by atoms with E-state index in [4.69, 9.17) is 6.42 Å². The molecule has 1 rings (SSSR count). The number of nitrogens with one attached hydrogen (secondary N) is 1. The van der Waals surface area contributed by atoms with Crippen LogP contribution < -0.4 is 5.32 Å². The van der Waals surface area contributed by atoms with Crippen LogP contribution in [-0.2, 0) is 0 Å². The molecule has 1 saturated heterocycles. The van der Waals surface area contributed by atoms with Gasteiger partial charge in [-0.3, -0.25) is 5.32 Å². The first-order valence-corrected chi connectivity index (χ1v) is 4.47. The number of hydrogen-bond acceptors (Lipinski definition) is 2. The highest BCUT2D eigenvalue weighted by Gasteiger charge is 2.24. The van der Waals surface area contributed by atoms with Crippen LogP contribution in [0.3, 0.4) is 0 Å². The molecule has 0 aromatic rings. The van der Waals surface area contributed by atoms with Crippen LogP contribution in [0.2, 0.25) is 0 Å². The third kappa shape index (κ3) is 2.51. The first kappa shape index (κ1) is 9.57.